The van der Waals surface area contributed by atoms with Crippen LogP contribution in [0.5, 0.6) is 0 Å². The van der Waals surface area contributed by atoms with E-state index in [4.69, 9.17) is 5.11 Å². The second-order valence-corrected chi connectivity index (χ2v) is 6.43. The van der Waals surface area contributed by atoms with Crippen molar-refractivity contribution in [1.82, 2.24) is 10.2 Å². The largest absolute Gasteiger partial charge is 0.379 e. The molecule has 0 saturated heterocycles. The molecule has 2 N–H and O–H groups in total. The smallest absolute Gasteiger partial charge is 0.104 e. The molecule has 1 atom stereocenters. The standard InChI is InChI=1S/C12H23N.C4H11NO/c1-3-7-11(8-4-1)13-12-9-5-2-6-10-12;1-4(6)5(2)3/h11-13H,1-10H2;4,6H,1-3H3. The van der Waals surface area contributed by atoms with Crippen LogP contribution in [0.1, 0.15) is 71.1 Å². The Morgan fingerprint density at radius 2 is 1.16 bits per heavy atom. The minimum Gasteiger partial charge on any atom is -0.379 e. The van der Waals surface area contributed by atoms with Gasteiger partial charge in [-0.25, -0.2) is 0 Å². The van der Waals surface area contributed by atoms with E-state index in [1.165, 1.54) is 64.2 Å². The Bertz CT molecular complexity index is 185. The zero-order valence-corrected chi connectivity index (χ0v) is 13.2. The van der Waals surface area contributed by atoms with Crippen molar-refractivity contribution in [2.45, 2.75) is 89.4 Å². The molecular formula is C16H34N2O. The lowest BCUT2D eigenvalue weighted by Gasteiger charge is -2.30. The summed E-state index contributed by atoms with van der Waals surface area (Å²) in [5.41, 5.74) is 0. The van der Waals surface area contributed by atoms with E-state index < -0.39 is 0 Å². The third-order valence-corrected chi connectivity index (χ3v) is 4.43. The van der Waals surface area contributed by atoms with E-state index in [0.29, 0.717) is 0 Å². The lowest BCUT2D eigenvalue weighted by molar-refractivity contribution is 0.0578. The highest BCUT2D eigenvalue weighted by Crippen LogP contribution is 2.22. The third kappa shape index (κ3) is 7.91. The summed E-state index contributed by atoms with van der Waals surface area (Å²) in [5.74, 6) is 0. The minimum absolute atomic E-state index is 0.315. The number of nitrogens with zero attached hydrogens (tertiary/aromatic N) is 1. The molecule has 114 valence electrons. The molecule has 0 aliphatic heterocycles. The first-order valence-corrected chi connectivity index (χ1v) is 8.20. The molecule has 0 bridgehead atoms. The molecule has 2 rings (SSSR count). The molecular weight excluding hydrogens is 236 g/mol. The van der Waals surface area contributed by atoms with Gasteiger partial charge in [-0.1, -0.05) is 38.5 Å². The topological polar surface area (TPSA) is 35.5 Å². The minimum atomic E-state index is -0.315. The van der Waals surface area contributed by atoms with E-state index >= 15 is 0 Å². The van der Waals surface area contributed by atoms with Gasteiger partial charge in [-0.3, -0.25) is 4.90 Å². The van der Waals surface area contributed by atoms with Gasteiger partial charge in [0.1, 0.15) is 6.23 Å². The zero-order valence-electron chi connectivity index (χ0n) is 13.2. The van der Waals surface area contributed by atoms with E-state index in [1.54, 1.807) is 11.8 Å². The van der Waals surface area contributed by atoms with Gasteiger partial charge in [0.2, 0.25) is 0 Å². The lowest BCUT2D eigenvalue weighted by atomic mass is 9.91. The molecule has 2 saturated carbocycles. The quantitative estimate of drug-likeness (QED) is 0.773. The van der Waals surface area contributed by atoms with Crippen molar-refractivity contribution < 1.29 is 5.11 Å². The maximum Gasteiger partial charge on any atom is 0.104 e. The van der Waals surface area contributed by atoms with Crippen molar-refractivity contribution >= 4 is 0 Å². The average Bonchev–Trinajstić information content (AvgIpc) is 2.41. The Morgan fingerprint density at radius 3 is 1.42 bits per heavy atom. The molecule has 0 spiro atoms. The summed E-state index contributed by atoms with van der Waals surface area (Å²) in [6, 6.07) is 1.74. The summed E-state index contributed by atoms with van der Waals surface area (Å²) in [6.45, 7) is 1.72. The number of aliphatic hydroxyl groups excluding tert-OH is 1. The van der Waals surface area contributed by atoms with Gasteiger partial charge in [-0.2, -0.15) is 0 Å². The van der Waals surface area contributed by atoms with Crippen molar-refractivity contribution in [2.24, 2.45) is 0 Å². The number of hydrogen-bond donors (Lipinski definition) is 2. The van der Waals surface area contributed by atoms with E-state index in [0.717, 1.165) is 12.1 Å². The Balaban J connectivity index is 0.000000258. The van der Waals surface area contributed by atoms with Crippen LogP contribution in [0.2, 0.25) is 0 Å². The van der Waals surface area contributed by atoms with Crippen molar-refractivity contribution in [1.29, 1.82) is 0 Å². The van der Waals surface area contributed by atoms with Crippen LogP contribution in [-0.4, -0.2) is 42.4 Å². The molecule has 0 aromatic heterocycles. The van der Waals surface area contributed by atoms with Crippen molar-refractivity contribution in [3.8, 4) is 0 Å². The maximum atomic E-state index is 8.56. The van der Waals surface area contributed by atoms with Gasteiger partial charge in [0, 0.05) is 12.1 Å². The Labute approximate surface area is 119 Å². The highest BCUT2D eigenvalue weighted by atomic mass is 16.3. The first-order valence-electron chi connectivity index (χ1n) is 8.20. The van der Waals surface area contributed by atoms with Gasteiger partial charge < -0.3 is 10.4 Å². The van der Waals surface area contributed by atoms with Gasteiger partial charge in [-0.05, 0) is 46.7 Å². The van der Waals surface area contributed by atoms with Gasteiger partial charge in [0.25, 0.3) is 0 Å². The SMILES string of the molecule is C1CCC(NC2CCCCC2)CC1.CC(O)N(C)C. The first kappa shape index (κ1) is 16.9. The monoisotopic (exact) mass is 270 g/mol. The molecule has 0 aromatic rings. The number of hydrogen-bond acceptors (Lipinski definition) is 3. The van der Waals surface area contributed by atoms with Gasteiger partial charge in [0.15, 0.2) is 0 Å². The molecule has 2 aliphatic carbocycles. The molecule has 2 aliphatic rings. The van der Waals surface area contributed by atoms with Crippen molar-refractivity contribution in [3.63, 3.8) is 0 Å². The molecule has 19 heavy (non-hydrogen) atoms. The zero-order chi connectivity index (χ0) is 14.1. The molecule has 0 radical (unpaired) electrons. The van der Waals surface area contributed by atoms with E-state index in [1.807, 2.05) is 14.1 Å². The fourth-order valence-corrected chi connectivity index (χ4v) is 2.87. The molecule has 3 nitrogen and oxygen atoms in total. The van der Waals surface area contributed by atoms with E-state index in [-0.39, 0.29) is 6.23 Å². The lowest BCUT2D eigenvalue weighted by Crippen LogP contribution is -2.40. The molecule has 3 heteroatoms. The molecule has 1 unspecified atom stereocenters. The number of aliphatic hydroxyl groups is 1. The van der Waals surface area contributed by atoms with Crippen LogP contribution in [0.25, 0.3) is 0 Å². The Kier molecular flexibility index (Phi) is 8.67. The third-order valence-electron chi connectivity index (χ3n) is 4.43. The Hall–Kier alpha value is -0.120. The Morgan fingerprint density at radius 1 is 0.842 bits per heavy atom. The molecule has 0 amide bonds. The summed E-state index contributed by atoms with van der Waals surface area (Å²) in [6.07, 6.45) is 14.2. The van der Waals surface area contributed by atoms with E-state index in [9.17, 15) is 0 Å². The predicted octanol–water partition coefficient (Wildman–Crippen LogP) is 3.13. The average molecular weight is 270 g/mol. The highest BCUT2D eigenvalue weighted by Gasteiger charge is 2.19. The highest BCUT2D eigenvalue weighted by molar-refractivity contribution is 4.79. The summed E-state index contributed by atoms with van der Waals surface area (Å²) >= 11 is 0. The van der Waals surface area contributed by atoms with Crippen molar-refractivity contribution in [2.75, 3.05) is 14.1 Å². The van der Waals surface area contributed by atoms with Gasteiger partial charge in [-0.15, -0.1) is 0 Å². The predicted molar refractivity (Wildman–Crippen MR) is 82.2 cm³/mol. The van der Waals surface area contributed by atoms with Gasteiger partial charge >= 0.3 is 0 Å². The summed E-state index contributed by atoms with van der Waals surface area (Å²) < 4.78 is 0. The summed E-state index contributed by atoms with van der Waals surface area (Å²) in [4.78, 5) is 1.72. The summed E-state index contributed by atoms with van der Waals surface area (Å²) in [7, 11) is 3.65. The van der Waals surface area contributed by atoms with Crippen LogP contribution in [-0.2, 0) is 0 Å². The molecule has 2 fully saturated rings. The van der Waals surface area contributed by atoms with Crippen LogP contribution in [0.3, 0.4) is 0 Å². The number of rotatable bonds is 3. The van der Waals surface area contributed by atoms with Crippen LogP contribution in [0.4, 0.5) is 0 Å². The van der Waals surface area contributed by atoms with Crippen LogP contribution >= 0.6 is 0 Å². The second kappa shape index (κ2) is 9.73. The van der Waals surface area contributed by atoms with Crippen LogP contribution in [0.15, 0.2) is 0 Å². The fraction of sp³-hybridized carbons (Fsp3) is 1.00. The van der Waals surface area contributed by atoms with E-state index in [2.05, 4.69) is 5.32 Å². The molecule has 0 aromatic carbocycles. The van der Waals surface area contributed by atoms with Crippen LogP contribution < -0.4 is 5.32 Å². The maximum absolute atomic E-state index is 8.56. The first-order chi connectivity index (χ1) is 9.09. The van der Waals surface area contributed by atoms with Crippen LogP contribution in [0, 0.1) is 0 Å². The fourth-order valence-electron chi connectivity index (χ4n) is 2.87. The van der Waals surface area contributed by atoms with Crippen molar-refractivity contribution in [3.05, 3.63) is 0 Å². The summed E-state index contributed by atoms with van der Waals surface area (Å²) in [5, 5.41) is 12.4. The normalized spacial score (nSPS) is 23.8. The molecule has 0 heterocycles. The second-order valence-electron chi connectivity index (χ2n) is 6.43. The van der Waals surface area contributed by atoms with Gasteiger partial charge in [0.05, 0.1) is 0 Å². The number of nitrogens with one attached hydrogen (secondary N) is 1.